The third-order valence-electron chi connectivity index (χ3n) is 4.44. The molecule has 2 aromatic heterocycles. The quantitative estimate of drug-likeness (QED) is 0.459. The molecule has 1 aromatic carbocycles. The van der Waals surface area contributed by atoms with Crippen molar-refractivity contribution in [2.24, 2.45) is 0 Å². The fraction of sp³-hybridized carbons (Fsp3) is 0.350. The number of aryl methyl sites for hydroxylation is 3. The Kier molecular flexibility index (Phi) is 5.32. The molecule has 0 N–H and O–H groups in total. The summed E-state index contributed by atoms with van der Waals surface area (Å²) in [4.78, 5) is 12.9. The van der Waals surface area contributed by atoms with Crippen LogP contribution in [0.5, 0.6) is 0 Å². The highest BCUT2D eigenvalue weighted by atomic mass is 32.2. The second kappa shape index (κ2) is 7.50. The van der Waals surface area contributed by atoms with Crippen molar-refractivity contribution >= 4 is 17.5 Å². The Morgan fingerprint density at radius 3 is 2.65 bits per heavy atom. The van der Waals surface area contributed by atoms with Crippen LogP contribution in [0.25, 0.3) is 11.4 Å². The molecule has 0 spiro atoms. The summed E-state index contributed by atoms with van der Waals surface area (Å²) in [5, 5.41) is 9.15. The van der Waals surface area contributed by atoms with E-state index in [2.05, 4.69) is 10.2 Å². The Morgan fingerprint density at radius 2 is 2.00 bits per heavy atom. The van der Waals surface area contributed by atoms with E-state index in [1.54, 1.807) is 6.26 Å². The average molecular weight is 369 g/mol. The van der Waals surface area contributed by atoms with Crippen molar-refractivity contribution in [1.82, 2.24) is 14.8 Å². The van der Waals surface area contributed by atoms with Crippen molar-refractivity contribution in [2.75, 3.05) is 0 Å². The number of hydrogen-bond acceptors (Lipinski definition) is 5. The summed E-state index contributed by atoms with van der Waals surface area (Å²) in [6.07, 6.45) is 1.65. The van der Waals surface area contributed by atoms with E-state index in [0.29, 0.717) is 0 Å². The molecular formula is C20H23N3O2S. The zero-order valence-corrected chi connectivity index (χ0v) is 16.6. The first-order chi connectivity index (χ1) is 12.4. The average Bonchev–Trinajstić information content (AvgIpc) is 3.21. The lowest BCUT2D eigenvalue weighted by atomic mass is 10.0. The number of carbonyl (C=O) groups is 1. The first-order valence-electron chi connectivity index (χ1n) is 8.68. The lowest BCUT2D eigenvalue weighted by Gasteiger charge is -2.13. The first kappa shape index (κ1) is 18.5. The van der Waals surface area contributed by atoms with Crippen LogP contribution in [0.1, 0.15) is 41.1 Å². The number of benzene rings is 1. The van der Waals surface area contributed by atoms with Crippen LogP contribution in [0.2, 0.25) is 0 Å². The van der Waals surface area contributed by atoms with Gasteiger partial charge in [-0.25, -0.2) is 0 Å². The predicted octanol–water partition coefficient (Wildman–Crippen LogP) is 4.85. The van der Waals surface area contributed by atoms with E-state index in [9.17, 15) is 4.79 Å². The van der Waals surface area contributed by atoms with Gasteiger partial charge in [-0.05, 0) is 52.3 Å². The molecule has 0 radical (unpaired) electrons. The van der Waals surface area contributed by atoms with Gasteiger partial charge in [0.25, 0.3) is 0 Å². The van der Waals surface area contributed by atoms with Crippen molar-refractivity contribution in [1.29, 1.82) is 0 Å². The third kappa shape index (κ3) is 3.46. The summed E-state index contributed by atoms with van der Waals surface area (Å²) in [7, 11) is 0. The van der Waals surface area contributed by atoms with Crippen LogP contribution in [0.3, 0.4) is 0 Å². The SMILES string of the molecule is CCn1c(SC(C)C(=O)c2cc(C)ccc2C)nnc1-c1ccoc1C. The molecule has 136 valence electrons. The second-order valence-electron chi connectivity index (χ2n) is 6.38. The molecule has 1 atom stereocenters. The van der Waals surface area contributed by atoms with Crippen molar-refractivity contribution in [3.63, 3.8) is 0 Å². The number of nitrogens with zero attached hydrogens (tertiary/aromatic N) is 3. The summed E-state index contributed by atoms with van der Waals surface area (Å²) in [6, 6.07) is 7.87. The number of rotatable bonds is 6. The van der Waals surface area contributed by atoms with Gasteiger partial charge in [0.2, 0.25) is 0 Å². The number of carbonyl (C=O) groups excluding carboxylic acids is 1. The van der Waals surface area contributed by atoms with E-state index in [1.807, 2.05) is 63.5 Å². The zero-order valence-electron chi connectivity index (χ0n) is 15.7. The molecule has 0 aliphatic rings. The largest absolute Gasteiger partial charge is 0.469 e. The van der Waals surface area contributed by atoms with Gasteiger partial charge in [-0.15, -0.1) is 10.2 Å². The smallest absolute Gasteiger partial charge is 0.192 e. The molecule has 5 nitrogen and oxygen atoms in total. The molecule has 0 fully saturated rings. The van der Waals surface area contributed by atoms with Gasteiger partial charge in [-0.1, -0.05) is 29.5 Å². The van der Waals surface area contributed by atoms with Crippen LogP contribution in [-0.4, -0.2) is 25.8 Å². The Balaban J connectivity index is 1.87. The predicted molar refractivity (Wildman–Crippen MR) is 104 cm³/mol. The van der Waals surface area contributed by atoms with Crippen LogP contribution in [0.4, 0.5) is 0 Å². The maximum absolute atomic E-state index is 12.9. The Bertz CT molecular complexity index is 942. The minimum atomic E-state index is -0.247. The molecule has 3 rings (SSSR count). The summed E-state index contributed by atoms with van der Waals surface area (Å²) in [5.41, 5.74) is 3.79. The molecule has 2 heterocycles. The van der Waals surface area contributed by atoms with Gasteiger partial charge >= 0.3 is 0 Å². The normalized spacial score (nSPS) is 12.3. The van der Waals surface area contributed by atoms with Crippen LogP contribution in [-0.2, 0) is 6.54 Å². The highest BCUT2D eigenvalue weighted by Gasteiger charge is 2.23. The molecule has 0 amide bonds. The Labute approximate surface area is 157 Å². The molecule has 6 heteroatoms. The first-order valence-corrected chi connectivity index (χ1v) is 9.56. The minimum absolute atomic E-state index is 0.114. The minimum Gasteiger partial charge on any atom is -0.469 e. The summed E-state index contributed by atoms with van der Waals surface area (Å²) >= 11 is 1.45. The van der Waals surface area contributed by atoms with E-state index in [4.69, 9.17) is 4.42 Å². The molecule has 1 unspecified atom stereocenters. The van der Waals surface area contributed by atoms with Gasteiger partial charge in [0.05, 0.1) is 17.1 Å². The van der Waals surface area contributed by atoms with Crippen molar-refractivity contribution in [3.8, 4) is 11.4 Å². The highest BCUT2D eigenvalue weighted by Crippen LogP contribution is 2.30. The van der Waals surface area contributed by atoms with Gasteiger partial charge in [0, 0.05) is 12.1 Å². The van der Waals surface area contributed by atoms with Crippen molar-refractivity contribution < 1.29 is 9.21 Å². The van der Waals surface area contributed by atoms with E-state index in [-0.39, 0.29) is 11.0 Å². The summed E-state index contributed by atoms with van der Waals surface area (Å²) < 4.78 is 7.41. The Morgan fingerprint density at radius 1 is 1.23 bits per heavy atom. The van der Waals surface area contributed by atoms with E-state index >= 15 is 0 Å². The standard InChI is InChI=1S/C20H23N3O2S/c1-6-23-19(16-9-10-25-14(16)4)21-22-20(23)26-15(5)18(24)17-11-12(2)7-8-13(17)3/h7-11,15H,6H2,1-5H3. The van der Waals surface area contributed by atoms with Gasteiger partial charge in [-0.2, -0.15) is 0 Å². The van der Waals surface area contributed by atoms with Crippen LogP contribution in [0.15, 0.2) is 40.1 Å². The molecule has 0 bridgehead atoms. The van der Waals surface area contributed by atoms with Gasteiger partial charge in [-0.3, -0.25) is 4.79 Å². The van der Waals surface area contributed by atoms with E-state index in [1.165, 1.54) is 11.8 Å². The molecule has 0 aliphatic carbocycles. The summed E-state index contributed by atoms with van der Waals surface area (Å²) in [6.45, 7) is 10.6. The lowest BCUT2D eigenvalue weighted by Crippen LogP contribution is -2.16. The molecule has 0 saturated heterocycles. The zero-order chi connectivity index (χ0) is 18.8. The Hall–Kier alpha value is -2.34. The fourth-order valence-electron chi connectivity index (χ4n) is 2.91. The maximum Gasteiger partial charge on any atom is 0.192 e. The number of furan rings is 1. The molecule has 0 aliphatic heterocycles. The number of thioether (sulfide) groups is 1. The van der Waals surface area contributed by atoms with Gasteiger partial charge in [0.15, 0.2) is 16.8 Å². The van der Waals surface area contributed by atoms with Gasteiger partial charge < -0.3 is 8.98 Å². The van der Waals surface area contributed by atoms with Crippen molar-refractivity contribution in [3.05, 3.63) is 53.0 Å². The third-order valence-corrected chi connectivity index (χ3v) is 5.52. The molecule has 26 heavy (non-hydrogen) atoms. The number of hydrogen-bond donors (Lipinski definition) is 0. The topological polar surface area (TPSA) is 60.9 Å². The monoisotopic (exact) mass is 369 g/mol. The number of ketones is 1. The molecule has 0 saturated carbocycles. The number of Topliss-reactive ketones (excluding diaryl/α,β-unsaturated/α-hetero) is 1. The number of aromatic nitrogens is 3. The van der Waals surface area contributed by atoms with E-state index in [0.717, 1.165) is 45.5 Å². The fourth-order valence-corrected chi connectivity index (χ4v) is 3.89. The molecular weight excluding hydrogens is 346 g/mol. The van der Waals surface area contributed by atoms with E-state index < -0.39 is 0 Å². The highest BCUT2D eigenvalue weighted by molar-refractivity contribution is 8.00. The van der Waals surface area contributed by atoms with Crippen LogP contribution in [0, 0.1) is 20.8 Å². The van der Waals surface area contributed by atoms with Crippen LogP contribution < -0.4 is 0 Å². The lowest BCUT2D eigenvalue weighted by molar-refractivity contribution is 0.0993. The summed E-state index contributed by atoms with van der Waals surface area (Å²) in [5.74, 6) is 1.69. The molecule has 3 aromatic rings. The second-order valence-corrected chi connectivity index (χ2v) is 7.69. The maximum atomic E-state index is 12.9. The van der Waals surface area contributed by atoms with Crippen LogP contribution >= 0.6 is 11.8 Å². The van der Waals surface area contributed by atoms with Gasteiger partial charge in [0.1, 0.15) is 5.76 Å². The van der Waals surface area contributed by atoms with Crippen molar-refractivity contribution in [2.45, 2.75) is 51.6 Å².